The van der Waals surface area contributed by atoms with Crippen molar-refractivity contribution in [3.8, 4) is 11.5 Å². The number of rotatable bonds is 14. The molecule has 2 amide bonds. The number of hydrogen-bond acceptors (Lipinski definition) is 6. The smallest absolute Gasteiger partial charge is 0.244 e. The average Bonchev–Trinajstić information content (AvgIpc) is 2.87. The van der Waals surface area contributed by atoms with Crippen LogP contribution in [0.15, 0.2) is 42.5 Å². The van der Waals surface area contributed by atoms with Crippen LogP contribution in [0, 0.1) is 0 Å². The largest absolute Gasteiger partial charge is 0.493 e. The van der Waals surface area contributed by atoms with Gasteiger partial charge in [0.1, 0.15) is 12.6 Å². The predicted molar refractivity (Wildman–Crippen MR) is 146 cm³/mol. The van der Waals surface area contributed by atoms with Gasteiger partial charge in [-0.15, -0.1) is 0 Å². The molecule has 2 aromatic carbocycles. The van der Waals surface area contributed by atoms with Gasteiger partial charge in [0.2, 0.25) is 21.8 Å². The van der Waals surface area contributed by atoms with Gasteiger partial charge in [0.15, 0.2) is 11.5 Å². The van der Waals surface area contributed by atoms with Gasteiger partial charge in [0, 0.05) is 24.2 Å². The second kappa shape index (κ2) is 14.1. The molecule has 1 N–H and O–H groups in total. The quantitative estimate of drug-likeness (QED) is 0.356. The van der Waals surface area contributed by atoms with E-state index in [0.717, 1.165) is 23.4 Å². The fraction of sp³-hybridized carbons (Fsp3) is 0.462. The zero-order valence-electron chi connectivity index (χ0n) is 22.0. The van der Waals surface area contributed by atoms with Crippen molar-refractivity contribution in [1.29, 1.82) is 0 Å². The van der Waals surface area contributed by atoms with Crippen LogP contribution in [0.25, 0.3) is 0 Å². The van der Waals surface area contributed by atoms with Crippen molar-refractivity contribution in [2.75, 3.05) is 37.9 Å². The Morgan fingerprint density at radius 3 is 2.30 bits per heavy atom. The van der Waals surface area contributed by atoms with Crippen molar-refractivity contribution >= 4 is 39.1 Å². The topological polar surface area (TPSA) is 105 Å². The van der Waals surface area contributed by atoms with Gasteiger partial charge in [-0.25, -0.2) is 8.42 Å². The van der Waals surface area contributed by atoms with Gasteiger partial charge >= 0.3 is 0 Å². The number of amides is 2. The molecule has 0 aliphatic rings. The van der Waals surface area contributed by atoms with E-state index in [1.165, 1.54) is 31.3 Å². The van der Waals surface area contributed by atoms with E-state index in [-0.39, 0.29) is 18.1 Å². The van der Waals surface area contributed by atoms with Crippen LogP contribution in [-0.2, 0) is 26.2 Å². The molecule has 1 atom stereocenters. The van der Waals surface area contributed by atoms with Gasteiger partial charge in [0.25, 0.3) is 0 Å². The number of nitrogens with zero attached hydrogens (tertiary/aromatic N) is 2. The molecular formula is C26H36ClN3O6S. The highest BCUT2D eigenvalue weighted by Gasteiger charge is 2.32. The average molecular weight is 554 g/mol. The first-order valence-corrected chi connectivity index (χ1v) is 14.3. The highest BCUT2D eigenvalue weighted by Crippen LogP contribution is 2.32. The maximum absolute atomic E-state index is 13.7. The molecule has 2 aromatic rings. The highest BCUT2D eigenvalue weighted by molar-refractivity contribution is 7.92. The Bertz CT molecular complexity index is 1170. The number of carbonyl (C=O) groups is 2. The molecule has 204 valence electrons. The van der Waals surface area contributed by atoms with Crippen molar-refractivity contribution < 1.29 is 27.5 Å². The summed E-state index contributed by atoms with van der Waals surface area (Å²) >= 11 is 6.37. The van der Waals surface area contributed by atoms with Crippen molar-refractivity contribution in [3.63, 3.8) is 0 Å². The van der Waals surface area contributed by atoms with Crippen LogP contribution in [0.4, 0.5) is 5.69 Å². The van der Waals surface area contributed by atoms with Crippen molar-refractivity contribution in [3.05, 3.63) is 53.1 Å². The number of sulfonamides is 1. The zero-order chi connectivity index (χ0) is 27.6. The minimum absolute atomic E-state index is 0.0434. The monoisotopic (exact) mass is 553 g/mol. The standard InChI is InChI=1S/C26H36ClN3O6S/c1-6-8-15-28-26(32)22(7-2)29(17-19-11-9-10-12-21(19)27)25(31)18-30(37(5,33)34)20-13-14-23(35-3)24(16-20)36-4/h9-14,16,22H,6-8,15,17-18H2,1-5H3,(H,28,32)/t22-/m1/s1. The number of halogens is 1. The predicted octanol–water partition coefficient (Wildman–Crippen LogP) is 3.85. The molecule has 0 aromatic heterocycles. The normalized spacial score (nSPS) is 11.9. The van der Waals surface area contributed by atoms with Crippen molar-refractivity contribution in [2.24, 2.45) is 0 Å². The molecule has 0 aliphatic carbocycles. The third-order valence-corrected chi connectivity index (χ3v) is 7.36. The molecule has 0 aliphatic heterocycles. The van der Waals surface area contributed by atoms with Gasteiger partial charge in [-0.1, -0.05) is 50.1 Å². The Kier molecular flexibility index (Phi) is 11.5. The summed E-state index contributed by atoms with van der Waals surface area (Å²) in [6.45, 7) is 3.84. The Morgan fingerprint density at radius 1 is 1.05 bits per heavy atom. The molecule has 0 bridgehead atoms. The summed E-state index contributed by atoms with van der Waals surface area (Å²) in [7, 11) is -0.972. The number of anilines is 1. The van der Waals surface area contributed by atoms with Crippen molar-refractivity contribution in [1.82, 2.24) is 10.2 Å². The minimum atomic E-state index is -3.88. The molecule has 11 heteroatoms. The fourth-order valence-electron chi connectivity index (χ4n) is 3.83. The Balaban J connectivity index is 2.46. The van der Waals surface area contributed by atoms with E-state index in [1.807, 2.05) is 6.92 Å². The Morgan fingerprint density at radius 2 is 1.73 bits per heavy atom. The van der Waals surface area contributed by atoms with E-state index in [1.54, 1.807) is 37.3 Å². The number of unbranched alkanes of at least 4 members (excludes halogenated alkanes) is 1. The molecule has 0 spiro atoms. The zero-order valence-corrected chi connectivity index (χ0v) is 23.6. The third kappa shape index (κ3) is 8.26. The van der Waals surface area contributed by atoms with Crippen LogP contribution in [0.5, 0.6) is 11.5 Å². The van der Waals surface area contributed by atoms with E-state index in [9.17, 15) is 18.0 Å². The van der Waals surface area contributed by atoms with Crippen LogP contribution < -0.4 is 19.1 Å². The van der Waals surface area contributed by atoms with E-state index in [4.69, 9.17) is 21.1 Å². The van der Waals surface area contributed by atoms with Gasteiger partial charge in [-0.2, -0.15) is 0 Å². The second-order valence-electron chi connectivity index (χ2n) is 8.49. The number of carbonyl (C=O) groups excluding carboxylic acids is 2. The molecule has 0 heterocycles. The molecule has 0 fully saturated rings. The molecule has 9 nitrogen and oxygen atoms in total. The third-order valence-electron chi connectivity index (χ3n) is 5.85. The number of hydrogen-bond donors (Lipinski definition) is 1. The molecule has 0 unspecified atom stereocenters. The lowest BCUT2D eigenvalue weighted by Crippen LogP contribution is -2.52. The SMILES string of the molecule is CCCCNC(=O)[C@@H](CC)N(Cc1ccccc1Cl)C(=O)CN(c1ccc(OC)c(OC)c1)S(C)(=O)=O. The van der Waals surface area contributed by atoms with Gasteiger partial charge in [-0.05, 0) is 36.6 Å². The summed E-state index contributed by atoms with van der Waals surface area (Å²) in [6.07, 6.45) is 3.07. The van der Waals surface area contributed by atoms with Gasteiger partial charge in [-0.3, -0.25) is 13.9 Å². The van der Waals surface area contributed by atoms with Crippen molar-refractivity contribution in [2.45, 2.75) is 45.7 Å². The lowest BCUT2D eigenvalue weighted by Gasteiger charge is -2.33. The first kappa shape index (κ1) is 30.2. The van der Waals surface area contributed by atoms with Gasteiger partial charge in [0.05, 0.1) is 26.2 Å². The van der Waals surface area contributed by atoms with Crippen LogP contribution in [0.1, 0.15) is 38.7 Å². The van der Waals surface area contributed by atoms with E-state index < -0.39 is 28.5 Å². The summed E-state index contributed by atoms with van der Waals surface area (Å²) in [5.41, 5.74) is 0.876. The Hall–Kier alpha value is -2.98. The van der Waals surface area contributed by atoms with Crippen LogP contribution >= 0.6 is 11.6 Å². The lowest BCUT2D eigenvalue weighted by atomic mass is 10.1. The number of methoxy groups -OCH3 is 2. The van der Waals surface area contributed by atoms with E-state index in [0.29, 0.717) is 35.1 Å². The maximum atomic E-state index is 13.7. The summed E-state index contributed by atoms with van der Waals surface area (Å²) < 4.78 is 37.1. The minimum Gasteiger partial charge on any atom is -0.493 e. The molecule has 0 radical (unpaired) electrons. The summed E-state index contributed by atoms with van der Waals surface area (Å²) in [4.78, 5) is 28.2. The first-order chi connectivity index (χ1) is 17.6. The Labute approximate surface area is 224 Å². The first-order valence-electron chi connectivity index (χ1n) is 12.1. The number of nitrogens with one attached hydrogen (secondary N) is 1. The van der Waals surface area contributed by atoms with E-state index in [2.05, 4.69) is 5.32 Å². The van der Waals surface area contributed by atoms with Crippen LogP contribution in [0.2, 0.25) is 5.02 Å². The van der Waals surface area contributed by atoms with E-state index >= 15 is 0 Å². The summed E-state index contributed by atoms with van der Waals surface area (Å²) in [6, 6.07) is 10.8. The second-order valence-corrected chi connectivity index (χ2v) is 10.8. The molecular weight excluding hydrogens is 518 g/mol. The van der Waals surface area contributed by atoms with Gasteiger partial charge < -0.3 is 19.7 Å². The van der Waals surface area contributed by atoms with Crippen LogP contribution in [-0.4, -0.2) is 64.7 Å². The lowest BCUT2D eigenvalue weighted by molar-refractivity contribution is -0.140. The highest BCUT2D eigenvalue weighted by atomic mass is 35.5. The number of benzene rings is 2. The summed E-state index contributed by atoms with van der Waals surface area (Å²) in [5.74, 6) is -0.108. The number of ether oxygens (including phenoxy) is 2. The fourth-order valence-corrected chi connectivity index (χ4v) is 4.87. The molecule has 2 rings (SSSR count). The molecule has 0 saturated heterocycles. The maximum Gasteiger partial charge on any atom is 0.244 e. The molecule has 0 saturated carbocycles. The van der Waals surface area contributed by atoms with Crippen LogP contribution in [0.3, 0.4) is 0 Å². The summed E-state index contributed by atoms with van der Waals surface area (Å²) in [5, 5.41) is 3.33. The molecule has 37 heavy (non-hydrogen) atoms.